The summed E-state index contributed by atoms with van der Waals surface area (Å²) in [5.41, 5.74) is 0.984. The summed E-state index contributed by atoms with van der Waals surface area (Å²) in [5, 5.41) is 18.9. The van der Waals surface area contributed by atoms with E-state index >= 15 is 0 Å². The number of aromatic amines is 1. The van der Waals surface area contributed by atoms with Crippen molar-refractivity contribution in [3.63, 3.8) is 0 Å². The first-order valence-electron chi connectivity index (χ1n) is 15.9. The number of aromatic nitrogens is 6. The van der Waals surface area contributed by atoms with E-state index in [4.69, 9.17) is 14.6 Å². The summed E-state index contributed by atoms with van der Waals surface area (Å²) in [4.78, 5) is 57.9. The van der Waals surface area contributed by atoms with E-state index in [1.54, 1.807) is 11.0 Å². The third kappa shape index (κ3) is 6.93. The first-order valence-corrected chi connectivity index (χ1v) is 15.9. The van der Waals surface area contributed by atoms with Gasteiger partial charge in [-0.2, -0.15) is 0 Å². The Morgan fingerprint density at radius 2 is 1.78 bits per heavy atom. The van der Waals surface area contributed by atoms with E-state index in [-0.39, 0.29) is 17.5 Å². The van der Waals surface area contributed by atoms with Gasteiger partial charge in [0.2, 0.25) is 5.91 Å². The molecule has 2 aromatic heterocycles. The van der Waals surface area contributed by atoms with Gasteiger partial charge in [0.05, 0.1) is 19.7 Å². The van der Waals surface area contributed by atoms with E-state index < -0.39 is 18.1 Å². The van der Waals surface area contributed by atoms with E-state index in [0.717, 1.165) is 37.3 Å². The highest BCUT2D eigenvalue weighted by atomic mass is 16.8. The number of nitrogens with zero attached hydrogens (tertiary/aromatic N) is 8. The van der Waals surface area contributed by atoms with Gasteiger partial charge in [-0.25, -0.2) is 19.9 Å². The van der Waals surface area contributed by atoms with E-state index in [1.807, 2.05) is 51.1 Å². The second-order valence-corrected chi connectivity index (χ2v) is 12.3. The number of nitrogens with one attached hydrogen (secondary N) is 2. The Morgan fingerprint density at radius 1 is 1.04 bits per heavy atom. The molecule has 244 valence electrons. The van der Waals surface area contributed by atoms with Gasteiger partial charge >= 0.3 is 6.16 Å². The molecule has 2 amide bonds. The molecule has 2 N–H and O–H groups in total. The van der Waals surface area contributed by atoms with E-state index in [0.29, 0.717) is 62.2 Å². The molecule has 15 nitrogen and oxygen atoms in total. The lowest BCUT2D eigenvalue weighted by atomic mass is 10.0. The number of benzene rings is 1. The number of tetrazole rings is 1. The molecule has 46 heavy (non-hydrogen) atoms. The predicted octanol–water partition coefficient (Wildman–Crippen LogP) is 2.27. The number of unbranched alkanes of at least 4 members (excludes halogenated alkanes) is 1. The summed E-state index contributed by atoms with van der Waals surface area (Å²) in [5.74, 6) is 2.21. The summed E-state index contributed by atoms with van der Waals surface area (Å²) < 4.78 is 5.07. The smallest absolute Gasteiger partial charge is 0.433 e. The maximum atomic E-state index is 13.8. The van der Waals surface area contributed by atoms with Gasteiger partial charge in [-0.3, -0.25) is 9.59 Å². The Balaban J connectivity index is 1.12. The Morgan fingerprint density at radius 3 is 2.43 bits per heavy atom. The van der Waals surface area contributed by atoms with Gasteiger partial charge in [-0.15, -0.1) is 10.2 Å². The van der Waals surface area contributed by atoms with Crippen molar-refractivity contribution >= 4 is 23.8 Å². The summed E-state index contributed by atoms with van der Waals surface area (Å²) in [7, 11) is 0. The van der Waals surface area contributed by atoms with Gasteiger partial charge in [0.25, 0.3) is 5.91 Å². The number of hydroxylamine groups is 2. The average molecular weight is 633 g/mol. The Labute approximate surface area is 267 Å². The van der Waals surface area contributed by atoms with Crippen LogP contribution < -0.4 is 10.2 Å². The topological polar surface area (TPSA) is 172 Å². The molecular weight excluding hydrogens is 592 g/mol. The Hall–Kier alpha value is -4.66. The number of carbonyl (C=O) groups excluding carboxylic acids is 3. The van der Waals surface area contributed by atoms with Gasteiger partial charge in [0, 0.05) is 43.7 Å². The van der Waals surface area contributed by atoms with Crippen molar-refractivity contribution in [3.8, 4) is 11.4 Å². The van der Waals surface area contributed by atoms with E-state index in [9.17, 15) is 14.4 Å². The number of piperazine rings is 1. The van der Waals surface area contributed by atoms with Crippen molar-refractivity contribution in [2.45, 2.75) is 45.6 Å². The molecule has 4 atom stereocenters. The maximum absolute atomic E-state index is 13.8. The number of anilines is 1. The molecule has 0 bridgehead atoms. The molecule has 0 radical (unpaired) electrons. The zero-order valence-corrected chi connectivity index (χ0v) is 26.3. The Kier molecular flexibility index (Phi) is 9.38. The molecule has 1 aliphatic carbocycles. The van der Waals surface area contributed by atoms with Crippen LogP contribution in [0.25, 0.3) is 11.4 Å². The summed E-state index contributed by atoms with van der Waals surface area (Å²) in [6.07, 6.45) is 0.946. The number of ether oxygens (including phenoxy) is 1. The van der Waals surface area contributed by atoms with Crippen LogP contribution in [0.3, 0.4) is 0 Å². The first-order chi connectivity index (χ1) is 22.3. The zero-order valence-electron chi connectivity index (χ0n) is 26.3. The first kappa shape index (κ1) is 31.3. The monoisotopic (exact) mass is 632 g/mol. The lowest BCUT2D eigenvalue weighted by Crippen LogP contribution is -2.56. The number of piperidine rings is 1. The minimum atomic E-state index is -0.770. The average Bonchev–Trinajstić information content (AvgIpc) is 3.41. The summed E-state index contributed by atoms with van der Waals surface area (Å²) in [6.45, 7) is 9.02. The van der Waals surface area contributed by atoms with Crippen LogP contribution in [-0.4, -0.2) is 110 Å². The van der Waals surface area contributed by atoms with E-state index in [2.05, 4.69) is 35.8 Å². The molecule has 0 spiro atoms. The molecule has 6 rings (SSSR count). The Bertz CT molecular complexity index is 1500. The maximum Gasteiger partial charge on any atom is 0.527 e. The van der Waals surface area contributed by atoms with Crippen molar-refractivity contribution in [1.82, 2.24) is 45.9 Å². The SMILES string of the molecule is CCCCOC(=O)ON1CCN(C(=O)[C@@H](NC(=O)c2cc(N3C[C@@H]4[C@H](C3)[C@H]4c3nnn[nH]3)nc(-c3ccccc3)n2)C(C)C)CC1. The van der Waals surface area contributed by atoms with Crippen LogP contribution in [0.5, 0.6) is 0 Å². The molecule has 1 saturated carbocycles. The zero-order chi connectivity index (χ0) is 32.2. The number of hydrogen-bond donors (Lipinski definition) is 2. The minimum Gasteiger partial charge on any atom is -0.433 e. The van der Waals surface area contributed by atoms with Gasteiger partial charge in [-0.05, 0) is 34.6 Å². The van der Waals surface area contributed by atoms with Crippen LogP contribution in [0, 0.1) is 17.8 Å². The number of rotatable bonds is 11. The molecule has 4 heterocycles. The van der Waals surface area contributed by atoms with Crippen LogP contribution in [0.4, 0.5) is 10.6 Å². The summed E-state index contributed by atoms with van der Waals surface area (Å²) in [6, 6.07) is 10.5. The van der Waals surface area contributed by atoms with Gasteiger partial charge < -0.3 is 24.7 Å². The lowest BCUT2D eigenvalue weighted by molar-refractivity contribution is -0.158. The highest BCUT2D eigenvalue weighted by Crippen LogP contribution is 2.57. The van der Waals surface area contributed by atoms with Crippen LogP contribution in [0.2, 0.25) is 0 Å². The van der Waals surface area contributed by atoms with Crippen molar-refractivity contribution in [1.29, 1.82) is 0 Å². The molecular formula is C31H40N10O5. The molecule has 1 aromatic carbocycles. The van der Waals surface area contributed by atoms with Crippen LogP contribution >= 0.6 is 0 Å². The normalized spacial score (nSPS) is 21.5. The molecule has 0 unspecified atom stereocenters. The van der Waals surface area contributed by atoms with Gasteiger partial charge in [-0.1, -0.05) is 57.5 Å². The van der Waals surface area contributed by atoms with Crippen LogP contribution in [0.1, 0.15) is 55.8 Å². The number of carbonyl (C=O) groups is 3. The van der Waals surface area contributed by atoms with Crippen molar-refractivity contribution in [2.24, 2.45) is 17.8 Å². The number of fused-ring (bicyclic) bond motifs is 1. The molecule has 3 aromatic rings. The second-order valence-electron chi connectivity index (χ2n) is 12.3. The third-order valence-electron chi connectivity index (χ3n) is 8.86. The number of hydrogen-bond acceptors (Lipinski definition) is 12. The van der Waals surface area contributed by atoms with Crippen LogP contribution in [0.15, 0.2) is 36.4 Å². The molecule has 15 heteroatoms. The third-order valence-corrected chi connectivity index (χ3v) is 8.86. The van der Waals surface area contributed by atoms with Crippen molar-refractivity contribution < 1.29 is 24.0 Å². The van der Waals surface area contributed by atoms with Crippen molar-refractivity contribution in [3.05, 3.63) is 47.9 Å². The molecule has 3 aliphatic rings. The quantitative estimate of drug-likeness (QED) is 0.234. The van der Waals surface area contributed by atoms with E-state index in [1.165, 1.54) is 5.06 Å². The largest absolute Gasteiger partial charge is 0.527 e. The molecule has 2 saturated heterocycles. The van der Waals surface area contributed by atoms with Gasteiger partial charge in [0.15, 0.2) is 11.6 Å². The molecule has 3 fully saturated rings. The minimum absolute atomic E-state index is 0.178. The lowest BCUT2D eigenvalue weighted by Gasteiger charge is -2.35. The highest BCUT2D eigenvalue weighted by molar-refractivity contribution is 5.97. The predicted molar refractivity (Wildman–Crippen MR) is 165 cm³/mol. The highest BCUT2D eigenvalue weighted by Gasteiger charge is 2.58. The second kappa shape index (κ2) is 13.8. The fraction of sp³-hybridized carbons (Fsp3) is 0.548. The fourth-order valence-corrected chi connectivity index (χ4v) is 6.21. The molecule has 2 aliphatic heterocycles. The van der Waals surface area contributed by atoms with Crippen LogP contribution in [-0.2, 0) is 14.4 Å². The summed E-state index contributed by atoms with van der Waals surface area (Å²) >= 11 is 0. The number of H-pyrrole nitrogens is 1. The van der Waals surface area contributed by atoms with Crippen molar-refractivity contribution in [2.75, 3.05) is 50.8 Å². The number of amides is 2. The fourth-order valence-electron chi connectivity index (χ4n) is 6.21. The standard InChI is InChI=1S/C31H40N10O5/c1-4-5-15-45-31(44)46-41-13-11-39(12-14-41)30(43)26(19(2)3)34-29(42)23-16-24(33-27(32-23)20-9-7-6-8-10-20)40-17-21-22(18-40)25(21)28-35-37-38-36-28/h6-10,16,19,21-22,25-26H,4-5,11-15,17-18H2,1-3H3,(H,34,42)(H,35,36,37,38)/t21-,22+,25+,26-/m0/s1. The van der Waals surface area contributed by atoms with Gasteiger partial charge in [0.1, 0.15) is 17.6 Å².